The number of nitro groups is 2. The first-order valence-corrected chi connectivity index (χ1v) is 12.9. The topological polar surface area (TPSA) is 194 Å². The average Bonchev–Trinajstić information content (AvgIpc) is 3.30. The number of nitrogens with one attached hydrogen (secondary N) is 2. The van der Waals surface area contributed by atoms with E-state index in [4.69, 9.17) is 9.47 Å². The molecule has 1 unspecified atom stereocenters. The molecule has 1 atom stereocenters. The molecule has 2 aromatic carbocycles. The Hall–Kier alpha value is -5.52. The van der Waals surface area contributed by atoms with Crippen molar-refractivity contribution in [3.8, 4) is 22.8 Å². The van der Waals surface area contributed by atoms with E-state index < -0.39 is 43.8 Å². The number of non-ortho nitro benzene ring substituents is 1. The van der Waals surface area contributed by atoms with Crippen molar-refractivity contribution in [2.75, 3.05) is 31.3 Å². The quantitative estimate of drug-likeness (QED) is 0.146. The fraction of sp³-hybridized carbons (Fsp3) is 0.160. The van der Waals surface area contributed by atoms with Gasteiger partial charge in [-0.15, -0.1) is 0 Å². The van der Waals surface area contributed by atoms with Gasteiger partial charge in [0.2, 0.25) is 0 Å². The molecular weight excluding hydrogens is 596 g/mol. The van der Waals surface area contributed by atoms with Crippen LogP contribution >= 0.6 is 0 Å². The first-order chi connectivity index (χ1) is 20.5. The largest absolute Gasteiger partial charge is 0.497 e. The molecule has 43 heavy (non-hydrogen) atoms. The summed E-state index contributed by atoms with van der Waals surface area (Å²) in [4.78, 5) is 35.4. The molecule has 0 spiro atoms. The Morgan fingerprint density at radius 2 is 1.67 bits per heavy atom. The monoisotopic (exact) mass is 619 g/mol. The third kappa shape index (κ3) is 7.04. The minimum absolute atomic E-state index is 0.0186. The Kier molecular flexibility index (Phi) is 10.3. The summed E-state index contributed by atoms with van der Waals surface area (Å²) in [6.07, 6.45) is 2.34. The van der Waals surface area contributed by atoms with Gasteiger partial charge in [0.25, 0.3) is 11.4 Å². The fourth-order valence-corrected chi connectivity index (χ4v) is 4.76. The zero-order chi connectivity index (χ0) is 31.8. The van der Waals surface area contributed by atoms with E-state index in [9.17, 15) is 38.0 Å². The number of carbonyl (C=O) groups is 1. The molecular formula is C25H23F2N7O8S. The molecule has 4 aromatic rings. The molecule has 0 radical (unpaired) electrons. The van der Waals surface area contributed by atoms with E-state index in [2.05, 4.69) is 20.1 Å². The highest BCUT2D eigenvalue weighted by molar-refractivity contribution is 7.86. The second kappa shape index (κ2) is 13.9. The van der Waals surface area contributed by atoms with Gasteiger partial charge in [-0.1, -0.05) is 0 Å². The third-order valence-corrected chi connectivity index (χ3v) is 6.83. The van der Waals surface area contributed by atoms with Gasteiger partial charge in [0, 0.05) is 25.7 Å². The van der Waals surface area contributed by atoms with E-state index in [0.29, 0.717) is 35.1 Å². The summed E-state index contributed by atoms with van der Waals surface area (Å²) in [5, 5.41) is 28.9. The van der Waals surface area contributed by atoms with E-state index in [-0.39, 0.29) is 22.0 Å². The molecule has 2 N–H and O–H groups in total. The van der Waals surface area contributed by atoms with Crippen LogP contribution in [-0.2, 0) is 18.0 Å². The van der Waals surface area contributed by atoms with E-state index in [0.717, 1.165) is 24.5 Å². The van der Waals surface area contributed by atoms with Crippen LogP contribution in [-0.4, -0.2) is 56.4 Å². The van der Waals surface area contributed by atoms with Crippen LogP contribution in [0.3, 0.4) is 0 Å². The maximum atomic E-state index is 13.1. The molecule has 2 heterocycles. The number of rotatable bonds is 10. The van der Waals surface area contributed by atoms with Crippen molar-refractivity contribution in [3.63, 3.8) is 0 Å². The Morgan fingerprint density at radius 3 is 2.19 bits per heavy atom. The lowest BCUT2D eigenvalue weighted by Crippen LogP contribution is -2.10. The van der Waals surface area contributed by atoms with Gasteiger partial charge in [-0.25, -0.2) is 13.0 Å². The highest BCUT2D eigenvalue weighted by Gasteiger charge is 2.27. The first-order valence-electron chi connectivity index (χ1n) is 11.8. The Balaban J connectivity index is 0.000000428. The average molecular weight is 620 g/mol. The molecule has 0 fully saturated rings. The SMILES string of the molecule is CNc1c(F)cncc1F.COc1ccc(OC)c(-c2c(NS(=O)c3ccc([N+](=O)[O-])cc3[N+](=O)[O-])c(C=O)nn2C)c1. The maximum absolute atomic E-state index is 13.1. The number of aryl methyl sites for hydroxylation is 1. The summed E-state index contributed by atoms with van der Waals surface area (Å²) >= 11 is 0. The Bertz CT molecular complexity index is 1700. The number of nitro benzene ring substituents is 2. The molecule has 0 aliphatic rings. The van der Waals surface area contributed by atoms with Gasteiger partial charge < -0.3 is 14.8 Å². The van der Waals surface area contributed by atoms with Crippen LogP contribution in [0.4, 0.5) is 31.5 Å². The van der Waals surface area contributed by atoms with Crippen LogP contribution in [0, 0.1) is 31.9 Å². The van der Waals surface area contributed by atoms with Crippen molar-refractivity contribution in [2.45, 2.75) is 4.90 Å². The number of benzene rings is 2. The number of aromatic nitrogens is 3. The number of carbonyl (C=O) groups excluding carboxylic acids is 1. The van der Waals surface area contributed by atoms with Crippen molar-refractivity contribution in [3.05, 3.63) is 86.3 Å². The number of pyridine rings is 1. The van der Waals surface area contributed by atoms with Gasteiger partial charge >= 0.3 is 0 Å². The van der Waals surface area contributed by atoms with Gasteiger partial charge in [-0.05, 0) is 24.3 Å². The molecule has 226 valence electrons. The zero-order valence-corrected chi connectivity index (χ0v) is 23.7. The fourth-order valence-electron chi connectivity index (χ4n) is 3.75. The van der Waals surface area contributed by atoms with Gasteiger partial charge in [0.05, 0.1) is 48.2 Å². The van der Waals surface area contributed by atoms with Crippen molar-refractivity contribution in [1.29, 1.82) is 0 Å². The summed E-state index contributed by atoms with van der Waals surface area (Å²) in [5.74, 6) is -0.492. The van der Waals surface area contributed by atoms with Crippen LogP contribution in [0.25, 0.3) is 11.3 Å². The lowest BCUT2D eigenvalue weighted by atomic mass is 10.1. The number of ether oxygens (including phenoxy) is 2. The zero-order valence-electron chi connectivity index (χ0n) is 22.9. The predicted molar refractivity (Wildman–Crippen MR) is 151 cm³/mol. The summed E-state index contributed by atoms with van der Waals surface area (Å²) in [7, 11) is 3.61. The van der Waals surface area contributed by atoms with E-state index in [1.54, 1.807) is 25.2 Å². The van der Waals surface area contributed by atoms with Crippen molar-refractivity contribution < 1.29 is 37.1 Å². The van der Waals surface area contributed by atoms with Crippen LogP contribution in [0.1, 0.15) is 10.5 Å². The van der Waals surface area contributed by atoms with E-state index in [1.807, 2.05) is 0 Å². The van der Waals surface area contributed by atoms with Crippen molar-refractivity contribution >= 4 is 40.0 Å². The first kappa shape index (κ1) is 32.0. The highest BCUT2D eigenvalue weighted by atomic mass is 32.2. The Morgan fingerprint density at radius 1 is 1.00 bits per heavy atom. The van der Waals surface area contributed by atoms with Crippen molar-refractivity contribution in [2.24, 2.45) is 7.05 Å². The smallest absolute Gasteiger partial charge is 0.294 e. The number of halogens is 2. The van der Waals surface area contributed by atoms with Gasteiger partial charge in [0.1, 0.15) is 33.5 Å². The summed E-state index contributed by atoms with van der Waals surface area (Å²) in [6, 6.07) is 7.63. The van der Waals surface area contributed by atoms with Crippen LogP contribution < -0.4 is 19.5 Å². The van der Waals surface area contributed by atoms with Crippen LogP contribution in [0.2, 0.25) is 0 Å². The number of aldehydes is 1. The molecule has 0 aliphatic heterocycles. The molecule has 4 rings (SSSR count). The lowest BCUT2D eigenvalue weighted by Gasteiger charge is -2.13. The van der Waals surface area contributed by atoms with Crippen molar-refractivity contribution in [1.82, 2.24) is 14.8 Å². The summed E-state index contributed by atoms with van der Waals surface area (Å²) in [6.45, 7) is 0. The Labute approximate surface area is 244 Å². The standard InChI is InChI=1S/C19H17N5O8S.C6H6F2N2/c1-22-19(13-9-12(31-2)5-6-16(13)32-3)18(14(10-25)20-22)21-33(30)17-7-4-11(23(26)27)8-15(17)24(28)29;1-9-6-4(7)2-10-3-5(6)8/h4-10,21H,1-3H3;2-3H,1H3,(H,9,10). The number of hydrogen-bond acceptors (Lipinski definition) is 11. The predicted octanol–water partition coefficient (Wildman–Crippen LogP) is 4.27. The van der Waals surface area contributed by atoms with Gasteiger partial charge in [-0.3, -0.25) is 39.4 Å². The lowest BCUT2D eigenvalue weighted by molar-refractivity contribution is -0.396. The number of hydrogen-bond donors (Lipinski definition) is 2. The molecule has 0 saturated heterocycles. The normalized spacial score (nSPS) is 11.0. The molecule has 0 aliphatic carbocycles. The van der Waals surface area contributed by atoms with Gasteiger partial charge in [0.15, 0.2) is 28.9 Å². The maximum Gasteiger partial charge on any atom is 0.294 e. The number of nitrogens with zero attached hydrogens (tertiary/aromatic N) is 5. The molecule has 2 aromatic heterocycles. The molecule has 0 amide bonds. The van der Waals surface area contributed by atoms with E-state index >= 15 is 0 Å². The molecule has 0 saturated carbocycles. The second-order valence-corrected chi connectivity index (χ2v) is 9.36. The molecule has 0 bridgehead atoms. The molecule has 15 nitrogen and oxygen atoms in total. The number of methoxy groups -OCH3 is 2. The summed E-state index contributed by atoms with van der Waals surface area (Å²) < 4.78 is 52.6. The third-order valence-electron chi connectivity index (χ3n) is 5.70. The summed E-state index contributed by atoms with van der Waals surface area (Å²) in [5.41, 5.74) is -0.745. The minimum Gasteiger partial charge on any atom is -0.497 e. The molecule has 18 heteroatoms. The van der Waals surface area contributed by atoms with Gasteiger partial charge in [-0.2, -0.15) is 5.10 Å². The van der Waals surface area contributed by atoms with Crippen LogP contribution in [0.15, 0.2) is 53.7 Å². The highest BCUT2D eigenvalue weighted by Crippen LogP contribution is 2.39. The van der Waals surface area contributed by atoms with E-state index in [1.165, 1.54) is 25.9 Å². The number of anilines is 2. The minimum atomic E-state index is -2.28. The van der Waals surface area contributed by atoms with Crippen LogP contribution in [0.5, 0.6) is 11.5 Å². The second-order valence-electron chi connectivity index (χ2n) is 8.18.